The predicted molar refractivity (Wildman–Crippen MR) is 59.7 cm³/mol. The Labute approximate surface area is 94.1 Å². The van der Waals surface area contributed by atoms with E-state index in [1.807, 2.05) is 0 Å². The highest BCUT2D eigenvalue weighted by Gasteiger charge is 2.24. The van der Waals surface area contributed by atoms with Crippen molar-refractivity contribution in [2.45, 2.75) is 32.2 Å². The Morgan fingerprint density at radius 2 is 2.25 bits per heavy atom. The molecule has 16 heavy (non-hydrogen) atoms. The van der Waals surface area contributed by atoms with Gasteiger partial charge in [0.1, 0.15) is 0 Å². The van der Waals surface area contributed by atoms with Gasteiger partial charge in [0.2, 0.25) is 5.95 Å². The summed E-state index contributed by atoms with van der Waals surface area (Å²) in [6, 6.07) is 0.496. The van der Waals surface area contributed by atoms with Gasteiger partial charge in [-0.1, -0.05) is 6.92 Å². The van der Waals surface area contributed by atoms with E-state index < -0.39 is 5.97 Å². The van der Waals surface area contributed by atoms with Crippen molar-refractivity contribution in [1.82, 2.24) is 9.97 Å². The molecule has 1 fully saturated rings. The summed E-state index contributed by atoms with van der Waals surface area (Å²) in [5.74, 6) is -0.339. The number of carboxylic acid groups (broad SMARTS) is 1. The van der Waals surface area contributed by atoms with Gasteiger partial charge in [0.05, 0.1) is 5.56 Å². The number of aromatic nitrogens is 2. The number of carboxylic acids is 1. The van der Waals surface area contributed by atoms with Crippen molar-refractivity contribution in [2.75, 3.05) is 11.4 Å². The van der Waals surface area contributed by atoms with Gasteiger partial charge in [-0.05, 0) is 19.3 Å². The number of anilines is 1. The molecule has 1 aromatic rings. The van der Waals surface area contributed by atoms with Crippen molar-refractivity contribution in [2.24, 2.45) is 0 Å². The average molecular weight is 221 g/mol. The molecule has 0 aliphatic carbocycles. The third-order valence-electron chi connectivity index (χ3n) is 2.99. The van der Waals surface area contributed by atoms with E-state index in [4.69, 9.17) is 5.11 Å². The molecule has 0 bridgehead atoms. The maximum absolute atomic E-state index is 10.7. The van der Waals surface area contributed by atoms with Crippen molar-refractivity contribution in [1.29, 1.82) is 0 Å². The number of nitrogens with zero attached hydrogens (tertiary/aromatic N) is 3. The minimum absolute atomic E-state index is 0.135. The first-order valence-corrected chi connectivity index (χ1v) is 5.54. The van der Waals surface area contributed by atoms with Crippen LogP contribution in [-0.2, 0) is 0 Å². The molecule has 0 saturated carbocycles. The predicted octanol–water partition coefficient (Wildman–Crippen LogP) is 1.55. The summed E-state index contributed by atoms with van der Waals surface area (Å²) in [5, 5.41) is 8.75. The van der Waals surface area contributed by atoms with E-state index in [1.54, 1.807) is 0 Å². The van der Waals surface area contributed by atoms with Crippen LogP contribution in [0.3, 0.4) is 0 Å². The quantitative estimate of drug-likeness (QED) is 0.838. The fourth-order valence-corrected chi connectivity index (χ4v) is 2.10. The van der Waals surface area contributed by atoms with E-state index >= 15 is 0 Å². The Hall–Kier alpha value is -1.65. The summed E-state index contributed by atoms with van der Waals surface area (Å²) in [4.78, 5) is 21.0. The van der Waals surface area contributed by atoms with E-state index in [0.29, 0.717) is 12.0 Å². The van der Waals surface area contributed by atoms with Gasteiger partial charge in [-0.2, -0.15) is 0 Å². The lowest BCUT2D eigenvalue weighted by atomic mass is 10.2. The second-order valence-electron chi connectivity index (χ2n) is 3.97. The van der Waals surface area contributed by atoms with Crippen LogP contribution in [0.2, 0.25) is 0 Å². The summed E-state index contributed by atoms with van der Waals surface area (Å²) in [6.07, 6.45) is 6.14. The van der Waals surface area contributed by atoms with Gasteiger partial charge < -0.3 is 10.0 Å². The normalized spacial score (nSPS) is 20.1. The minimum Gasteiger partial charge on any atom is -0.478 e. The van der Waals surface area contributed by atoms with E-state index in [-0.39, 0.29) is 5.56 Å². The van der Waals surface area contributed by atoms with E-state index in [2.05, 4.69) is 21.8 Å². The molecule has 0 aromatic carbocycles. The summed E-state index contributed by atoms with van der Waals surface area (Å²) < 4.78 is 0. The first kappa shape index (κ1) is 10.9. The summed E-state index contributed by atoms with van der Waals surface area (Å²) in [5.41, 5.74) is 0.135. The molecule has 1 saturated heterocycles. The number of rotatable bonds is 3. The lowest BCUT2D eigenvalue weighted by Gasteiger charge is -2.23. The van der Waals surface area contributed by atoms with Crippen molar-refractivity contribution < 1.29 is 9.90 Å². The lowest BCUT2D eigenvalue weighted by Crippen LogP contribution is -2.30. The highest BCUT2D eigenvalue weighted by molar-refractivity contribution is 5.86. The Kier molecular flexibility index (Phi) is 3.03. The molecular weight excluding hydrogens is 206 g/mol. The smallest absolute Gasteiger partial charge is 0.338 e. The van der Waals surface area contributed by atoms with E-state index in [9.17, 15) is 4.79 Å². The summed E-state index contributed by atoms with van der Waals surface area (Å²) >= 11 is 0. The molecule has 1 atom stereocenters. The third kappa shape index (κ3) is 1.98. The van der Waals surface area contributed by atoms with Crippen molar-refractivity contribution in [3.05, 3.63) is 18.0 Å². The molecule has 1 aliphatic heterocycles. The molecule has 0 amide bonds. The molecular formula is C11H15N3O2. The third-order valence-corrected chi connectivity index (χ3v) is 2.99. The molecule has 1 aromatic heterocycles. The van der Waals surface area contributed by atoms with Crippen LogP contribution in [0.1, 0.15) is 36.5 Å². The van der Waals surface area contributed by atoms with Gasteiger partial charge in [-0.15, -0.1) is 0 Å². The average Bonchev–Trinajstić information content (AvgIpc) is 2.77. The number of aromatic carboxylic acids is 1. The van der Waals surface area contributed by atoms with E-state index in [1.165, 1.54) is 18.8 Å². The summed E-state index contributed by atoms with van der Waals surface area (Å²) in [6.45, 7) is 3.11. The Morgan fingerprint density at radius 1 is 1.56 bits per heavy atom. The molecule has 2 rings (SSSR count). The molecule has 0 spiro atoms. The minimum atomic E-state index is -0.986. The maximum atomic E-state index is 10.7. The maximum Gasteiger partial charge on any atom is 0.338 e. The van der Waals surface area contributed by atoms with Gasteiger partial charge in [-0.3, -0.25) is 0 Å². The van der Waals surface area contributed by atoms with Crippen LogP contribution in [-0.4, -0.2) is 33.6 Å². The van der Waals surface area contributed by atoms with Crippen LogP contribution >= 0.6 is 0 Å². The van der Waals surface area contributed by atoms with Gasteiger partial charge in [0.15, 0.2) is 0 Å². The van der Waals surface area contributed by atoms with Crippen LogP contribution in [0.25, 0.3) is 0 Å². The van der Waals surface area contributed by atoms with Crippen LogP contribution in [0.5, 0.6) is 0 Å². The first-order valence-electron chi connectivity index (χ1n) is 5.54. The standard InChI is InChI=1S/C11H15N3O2/c1-2-9-4-3-5-14(9)11-12-6-8(7-13-11)10(15)16/h6-7,9H,2-5H2,1H3,(H,15,16). The fraction of sp³-hybridized carbons (Fsp3) is 0.545. The highest BCUT2D eigenvalue weighted by Crippen LogP contribution is 2.23. The first-order chi connectivity index (χ1) is 7.72. The Morgan fingerprint density at radius 3 is 2.81 bits per heavy atom. The lowest BCUT2D eigenvalue weighted by molar-refractivity contribution is 0.0696. The van der Waals surface area contributed by atoms with Crippen molar-refractivity contribution >= 4 is 11.9 Å². The van der Waals surface area contributed by atoms with Gasteiger partial charge in [0, 0.05) is 25.0 Å². The highest BCUT2D eigenvalue weighted by atomic mass is 16.4. The SMILES string of the molecule is CCC1CCCN1c1ncc(C(=O)O)cn1. The molecule has 1 N–H and O–H groups in total. The van der Waals surface area contributed by atoms with E-state index in [0.717, 1.165) is 19.4 Å². The zero-order chi connectivity index (χ0) is 11.5. The molecule has 5 heteroatoms. The van der Waals surface area contributed by atoms with Crippen LogP contribution < -0.4 is 4.90 Å². The number of hydrogen-bond donors (Lipinski definition) is 1. The molecule has 1 aliphatic rings. The second kappa shape index (κ2) is 4.47. The number of carbonyl (C=O) groups is 1. The van der Waals surface area contributed by atoms with Crippen molar-refractivity contribution in [3.63, 3.8) is 0 Å². The fourth-order valence-electron chi connectivity index (χ4n) is 2.10. The zero-order valence-electron chi connectivity index (χ0n) is 9.26. The zero-order valence-corrected chi connectivity index (χ0v) is 9.26. The molecule has 1 unspecified atom stereocenters. The monoisotopic (exact) mass is 221 g/mol. The van der Waals surface area contributed by atoms with Crippen LogP contribution in [0, 0.1) is 0 Å². The van der Waals surface area contributed by atoms with Gasteiger partial charge >= 0.3 is 5.97 Å². The van der Waals surface area contributed by atoms with Gasteiger partial charge in [-0.25, -0.2) is 14.8 Å². The van der Waals surface area contributed by atoms with Crippen LogP contribution in [0.4, 0.5) is 5.95 Å². The number of hydrogen-bond acceptors (Lipinski definition) is 4. The largest absolute Gasteiger partial charge is 0.478 e. The summed E-state index contributed by atoms with van der Waals surface area (Å²) in [7, 11) is 0. The molecule has 2 heterocycles. The van der Waals surface area contributed by atoms with Crippen LogP contribution in [0.15, 0.2) is 12.4 Å². The molecule has 86 valence electrons. The van der Waals surface area contributed by atoms with Crippen molar-refractivity contribution in [3.8, 4) is 0 Å². The Bertz CT molecular complexity index is 377. The molecule has 5 nitrogen and oxygen atoms in total. The van der Waals surface area contributed by atoms with Gasteiger partial charge in [0.25, 0.3) is 0 Å². The Balaban J connectivity index is 2.18. The molecule has 0 radical (unpaired) electrons. The second-order valence-corrected chi connectivity index (χ2v) is 3.97. The topological polar surface area (TPSA) is 66.3 Å².